The molecule has 1 aromatic heterocycles. The normalized spacial score (nSPS) is 11.1. The number of rotatable bonds is 6. The number of hydrogen-bond donors (Lipinski definition) is 1. The molecule has 21 heavy (non-hydrogen) atoms. The lowest BCUT2D eigenvalue weighted by Crippen LogP contribution is -2.12. The fourth-order valence-electron chi connectivity index (χ4n) is 1.52. The van der Waals surface area contributed by atoms with Crippen molar-refractivity contribution in [3.8, 4) is 11.5 Å². The van der Waals surface area contributed by atoms with Crippen molar-refractivity contribution < 1.29 is 17.9 Å². The van der Waals surface area contributed by atoms with Crippen LogP contribution in [0, 0.1) is 0 Å². The second-order valence-corrected chi connectivity index (χ2v) is 5.93. The molecule has 2 N–H and O–H groups in total. The molecule has 0 spiro atoms. The van der Waals surface area contributed by atoms with Gasteiger partial charge in [-0.25, -0.2) is 18.5 Å². The second kappa shape index (κ2) is 6.75. The maximum Gasteiger partial charge on any atom is 0.238 e. The van der Waals surface area contributed by atoms with Crippen LogP contribution in [0.4, 0.5) is 0 Å². The Labute approximate surface area is 127 Å². The van der Waals surface area contributed by atoms with Crippen LogP contribution >= 0.6 is 11.6 Å². The van der Waals surface area contributed by atoms with E-state index in [0.29, 0.717) is 11.5 Å². The summed E-state index contributed by atoms with van der Waals surface area (Å²) in [6.45, 7) is 0.558. The Morgan fingerprint density at radius 1 is 1.10 bits per heavy atom. The molecule has 0 saturated heterocycles. The maximum absolute atomic E-state index is 11.1. The van der Waals surface area contributed by atoms with Crippen LogP contribution in [0.15, 0.2) is 47.5 Å². The second-order valence-electron chi connectivity index (χ2n) is 4.01. The first-order valence-corrected chi connectivity index (χ1v) is 7.88. The molecule has 0 fully saturated rings. The molecule has 8 heteroatoms. The zero-order valence-corrected chi connectivity index (χ0v) is 12.5. The van der Waals surface area contributed by atoms with Crippen molar-refractivity contribution in [2.45, 2.75) is 4.90 Å². The number of pyridine rings is 1. The Morgan fingerprint density at radius 3 is 2.38 bits per heavy atom. The largest absolute Gasteiger partial charge is 0.490 e. The first-order chi connectivity index (χ1) is 9.97. The van der Waals surface area contributed by atoms with E-state index >= 15 is 0 Å². The number of sulfonamides is 1. The van der Waals surface area contributed by atoms with Crippen LogP contribution in [0.5, 0.6) is 11.5 Å². The fraction of sp³-hybridized carbons (Fsp3) is 0.154. The molecule has 112 valence electrons. The molecular weight excluding hydrogens is 316 g/mol. The van der Waals surface area contributed by atoms with E-state index in [1.807, 2.05) is 0 Å². The third-order valence-corrected chi connectivity index (χ3v) is 3.70. The third kappa shape index (κ3) is 4.59. The van der Waals surface area contributed by atoms with E-state index in [0.717, 1.165) is 0 Å². The highest BCUT2D eigenvalue weighted by Gasteiger charge is 2.07. The Morgan fingerprint density at radius 2 is 1.76 bits per heavy atom. The first kappa shape index (κ1) is 15.6. The summed E-state index contributed by atoms with van der Waals surface area (Å²) in [5.74, 6) is 0.996. The number of primary sulfonamides is 1. The van der Waals surface area contributed by atoms with Gasteiger partial charge in [-0.2, -0.15) is 0 Å². The third-order valence-electron chi connectivity index (χ3n) is 2.49. The number of hydrogen-bond acceptors (Lipinski definition) is 5. The number of benzene rings is 1. The lowest BCUT2D eigenvalue weighted by molar-refractivity contribution is 0.216. The van der Waals surface area contributed by atoms with Crippen molar-refractivity contribution in [3.63, 3.8) is 0 Å². The van der Waals surface area contributed by atoms with Gasteiger partial charge in [-0.1, -0.05) is 11.6 Å². The number of aromatic nitrogens is 1. The minimum Gasteiger partial charge on any atom is -0.490 e. The summed E-state index contributed by atoms with van der Waals surface area (Å²) in [5.41, 5.74) is 0. The molecule has 0 aliphatic rings. The summed E-state index contributed by atoms with van der Waals surface area (Å²) >= 11 is 5.83. The van der Waals surface area contributed by atoms with Crippen LogP contribution in [0.3, 0.4) is 0 Å². The monoisotopic (exact) mass is 328 g/mol. The summed E-state index contributed by atoms with van der Waals surface area (Å²) in [7, 11) is -3.69. The average Bonchev–Trinajstić information content (AvgIpc) is 2.45. The molecule has 1 aromatic carbocycles. The van der Waals surface area contributed by atoms with Crippen molar-refractivity contribution in [3.05, 3.63) is 47.7 Å². The van der Waals surface area contributed by atoms with Crippen molar-refractivity contribution in [1.29, 1.82) is 0 Å². The summed E-state index contributed by atoms with van der Waals surface area (Å²) in [6, 6.07) is 9.23. The summed E-state index contributed by atoms with van der Waals surface area (Å²) in [5, 5.41) is 5.29. The van der Waals surface area contributed by atoms with E-state index in [1.165, 1.54) is 24.3 Å². The molecule has 1 heterocycles. The molecular formula is C13H13ClN2O4S. The SMILES string of the molecule is NS(=O)(=O)c1ccc(OCCOc2cccnc2Cl)cc1. The minimum atomic E-state index is -3.69. The van der Waals surface area contributed by atoms with Crippen molar-refractivity contribution in [2.24, 2.45) is 5.14 Å². The molecule has 0 aliphatic heterocycles. The Kier molecular flexibility index (Phi) is 5.00. The van der Waals surface area contributed by atoms with Gasteiger partial charge in [0.05, 0.1) is 4.90 Å². The molecule has 6 nitrogen and oxygen atoms in total. The molecule has 0 bridgehead atoms. The summed E-state index contributed by atoms with van der Waals surface area (Å²) in [6.07, 6.45) is 1.57. The van der Waals surface area contributed by atoms with Crippen molar-refractivity contribution in [2.75, 3.05) is 13.2 Å². The van der Waals surface area contributed by atoms with Gasteiger partial charge in [0, 0.05) is 6.20 Å². The highest BCUT2D eigenvalue weighted by atomic mass is 35.5. The topological polar surface area (TPSA) is 91.5 Å². The van der Waals surface area contributed by atoms with E-state index in [2.05, 4.69) is 4.98 Å². The molecule has 0 saturated carbocycles. The molecule has 0 amide bonds. The minimum absolute atomic E-state index is 0.0354. The maximum atomic E-state index is 11.1. The molecule has 0 atom stereocenters. The van der Waals surface area contributed by atoms with Crippen LogP contribution in [0.25, 0.3) is 0 Å². The van der Waals surface area contributed by atoms with E-state index in [-0.39, 0.29) is 23.3 Å². The highest BCUT2D eigenvalue weighted by molar-refractivity contribution is 7.89. The zero-order valence-electron chi connectivity index (χ0n) is 10.9. The lowest BCUT2D eigenvalue weighted by Gasteiger charge is -2.09. The van der Waals surface area contributed by atoms with Crippen molar-refractivity contribution >= 4 is 21.6 Å². The van der Waals surface area contributed by atoms with Crippen LogP contribution in [-0.4, -0.2) is 26.6 Å². The van der Waals surface area contributed by atoms with E-state index in [1.54, 1.807) is 18.3 Å². The Balaban J connectivity index is 1.83. The Bertz CT molecular complexity index is 704. The molecule has 0 radical (unpaired) electrons. The van der Waals surface area contributed by atoms with E-state index in [4.69, 9.17) is 26.2 Å². The van der Waals surface area contributed by atoms with Gasteiger partial charge in [-0.15, -0.1) is 0 Å². The van der Waals surface area contributed by atoms with Gasteiger partial charge in [-0.3, -0.25) is 0 Å². The number of halogens is 1. The molecule has 2 rings (SSSR count). The van der Waals surface area contributed by atoms with Gasteiger partial charge in [0.15, 0.2) is 10.9 Å². The number of nitrogens with zero attached hydrogens (tertiary/aromatic N) is 1. The number of ether oxygens (including phenoxy) is 2. The summed E-state index contributed by atoms with van der Waals surface area (Å²) < 4.78 is 33.0. The van der Waals surface area contributed by atoms with Gasteiger partial charge in [0.25, 0.3) is 0 Å². The van der Waals surface area contributed by atoms with Crippen LogP contribution in [-0.2, 0) is 10.0 Å². The van der Waals surface area contributed by atoms with E-state index in [9.17, 15) is 8.42 Å². The molecule has 0 aliphatic carbocycles. The standard InChI is InChI=1S/C13H13ClN2O4S/c14-13-12(2-1-7-16-13)20-9-8-19-10-3-5-11(6-4-10)21(15,17)18/h1-7H,8-9H2,(H2,15,17,18). The van der Waals surface area contributed by atoms with Crippen LogP contribution < -0.4 is 14.6 Å². The fourth-order valence-corrected chi connectivity index (χ4v) is 2.20. The number of nitrogens with two attached hydrogens (primary N) is 1. The quantitative estimate of drug-likeness (QED) is 0.645. The van der Waals surface area contributed by atoms with E-state index < -0.39 is 10.0 Å². The van der Waals surface area contributed by atoms with Gasteiger partial charge in [0.2, 0.25) is 10.0 Å². The first-order valence-electron chi connectivity index (χ1n) is 5.96. The Hall–Kier alpha value is -1.83. The predicted octanol–water partition coefficient (Wildman–Crippen LogP) is 1.84. The predicted molar refractivity (Wildman–Crippen MR) is 78.1 cm³/mol. The van der Waals surface area contributed by atoms with Gasteiger partial charge < -0.3 is 9.47 Å². The van der Waals surface area contributed by atoms with Crippen LogP contribution in [0.2, 0.25) is 5.15 Å². The van der Waals surface area contributed by atoms with Gasteiger partial charge >= 0.3 is 0 Å². The summed E-state index contributed by atoms with van der Waals surface area (Å²) in [4.78, 5) is 3.92. The van der Waals surface area contributed by atoms with Gasteiger partial charge in [-0.05, 0) is 36.4 Å². The zero-order chi connectivity index (χ0) is 15.3. The lowest BCUT2D eigenvalue weighted by atomic mass is 10.3. The highest BCUT2D eigenvalue weighted by Crippen LogP contribution is 2.20. The molecule has 0 unspecified atom stereocenters. The van der Waals surface area contributed by atoms with Gasteiger partial charge in [0.1, 0.15) is 19.0 Å². The average molecular weight is 329 g/mol. The smallest absolute Gasteiger partial charge is 0.238 e. The molecule has 2 aromatic rings. The van der Waals surface area contributed by atoms with Crippen molar-refractivity contribution in [1.82, 2.24) is 4.98 Å². The van der Waals surface area contributed by atoms with Crippen LogP contribution in [0.1, 0.15) is 0 Å².